The van der Waals surface area contributed by atoms with Gasteiger partial charge in [-0.15, -0.1) is 0 Å². The standard InChI is InChI=1S/C16H13BrN2O2/c1-11(21-15-8-3-2-6-13(15)17)16(20)12(10-18)14-7-4-5-9-19-14/h2-9,11-12H,1H3/t11-,12-/m0/s1. The maximum Gasteiger partial charge on any atom is 0.196 e. The molecule has 0 spiro atoms. The lowest BCUT2D eigenvalue weighted by molar-refractivity contribution is -0.125. The van der Waals surface area contributed by atoms with E-state index in [0.717, 1.165) is 4.47 Å². The SMILES string of the molecule is C[C@H](Oc1ccccc1Br)C(=O)[C@@H](C#N)c1ccccn1. The summed E-state index contributed by atoms with van der Waals surface area (Å²) in [5, 5.41) is 9.24. The Hall–Kier alpha value is -2.19. The van der Waals surface area contributed by atoms with Gasteiger partial charge in [-0.3, -0.25) is 9.78 Å². The van der Waals surface area contributed by atoms with Gasteiger partial charge in [0.15, 0.2) is 17.8 Å². The molecule has 0 amide bonds. The van der Waals surface area contributed by atoms with Gasteiger partial charge in [0.2, 0.25) is 0 Å². The average molecular weight is 345 g/mol. The second-order valence-corrected chi connectivity index (χ2v) is 5.26. The van der Waals surface area contributed by atoms with Gasteiger partial charge in [0.05, 0.1) is 16.2 Å². The van der Waals surface area contributed by atoms with Crippen molar-refractivity contribution in [3.8, 4) is 11.8 Å². The number of aromatic nitrogens is 1. The van der Waals surface area contributed by atoms with Crippen molar-refractivity contribution in [3.63, 3.8) is 0 Å². The highest BCUT2D eigenvalue weighted by atomic mass is 79.9. The third-order valence-electron chi connectivity index (χ3n) is 2.94. The van der Waals surface area contributed by atoms with Crippen LogP contribution in [0.2, 0.25) is 0 Å². The first kappa shape index (κ1) is 15.2. The first-order chi connectivity index (χ1) is 10.1. The van der Waals surface area contributed by atoms with Crippen LogP contribution in [0.1, 0.15) is 18.5 Å². The van der Waals surface area contributed by atoms with Crippen LogP contribution >= 0.6 is 15.9 Å². The van der Waals surface area contributed by atoms with Crippen LogP contribution in [0.15, 0.2) is 53.1 Å². The highest BCUT2D eigenvalue weighted by Gasteiger charge is 2.28. The molecule has 1 aromatic carbocycles. The summed E-state index contributed by atoms with van der Waals surface area (Å²) in [6.45, 7) is 1.63. The summed E-state index contributed by atoms with van der Waals surface area (Å²) in [6, 6.07) is 14.4. The van der Waals surface area contributed by atoms with E-state index in [1.807, 2.05) is 24.3 Å². The number of ketones is 1. The number of para-hydroxylation sites is 1. The lowest BCUT2D eigenvalue weighted by atomic mass is 9.98. The highest BCUT2D eigenvalue weighted by Crippen LogP contribution is 2.26. The van der Waals surface area contributed by atoms with Gasteiger partial charge in [-0.25, -0.2) is 0 Å². The van der Waals surface area contributed by atoms with E-state index in [-0.39, 0.29) is 5.78 Å². The van der Waals surface area contributed by atoms with Crippen LogP contribution in [0.3, 0.4) is 0 Å². The zero-order valence-corrected chi connectivity index (χ0v) is 12.9. The molecule has 0 aliphatic heterocycles. The molecular weight excluding hydrogens is 332 g/mol. The van der Waals surface area contributed by atoms with E-state index < -0.39 is 12.0 Å². The van der Waals surface area contributed by atoms with Crippen LogP contribution in [0.25, 0.3) is 0 Å². The summed E-state index contributed by atoms with van der Waals surface area (Å²) in [7, 11) is 0. The molecule has 5 heteroatoms. The van der Waals surface area contributed by atoms with Crippen molar-refractivity contribution in [2.45, 2.75) is 18.9 Å². The first-order valence-electron chi connectivity index (χ1n) is 6.39. The van der Waals surface area contributed by atoms with E-state index in [1.54, 1.807) is 37.4 Å². The number of ether oxygens (including phenoxy) is 1. The number of pyridine rings is 1. The Labute approximate surface area is 131 Å². The minimum Gasteiger partial charge on any atom is -0.482 e. The van der Waals surface area contributed by atoms with Gasteiger partial charge in [0.25, 0.3) is 0 Å². The summed E-state index contributed by atoms with van der Waals surface area (Å²) in [5.41, 5.74) is 0.438. The molecule has 0 bridgehead atoms. The molecule has 0 aliphatic rings. The molecule has 0 unspecified atom stereocenters. The summed E-state index contributed by atoms with van der Waals surface area (Å²) in [6.07, 6.45) is 0.821. The molecule has 2 aromatic rings. The smallest absolute Gasteiger partial charge is 0.196 e. The van der Waals surface area contributed by atoms with Gasteiger partial charge in [-0.1, -0.05) is 18.2 Å². The number of carbonyl (C=O) groups is 1. The van der Waals surface area contributed by atoms with E-state index in [2.05, 4.69) is 20.9 Å². The maximum atomic E-state index is 12.4. The summed E-state index contributed by atoms with van der Waals surface area (Å²) in [5.74, 6) is -0.674. The van der Waals surface area contributed by atoms with Gasteiger partial charge in [-0.2, -0.15) is 5.26 Å². The molecule has 0 saturated heterocycles. The molecule has 0 aliphatic carbocycles. The van der Waals surface area contributed by atoms with E-state index in [0.29, 0.717) is 11.4 Å². The van der Waals surface area contributed by atoms with Crippen molar-refractivity contribution in [2.75, 3.05) is 0 Å². The molecule has 0 radical (unpaired) electrons. The van der Waals surface area contributed by atoms with Crippen LogP contribution in [-0.2, 0) is 4.79 Å². The Balaban J connectivity index is 2.15. The Bertz CT molecular complexity index is 667. The lowest BCUT2D eigenvalue weighted by Crippen LogP contribution is -2.29. The number of carbonyl (C=O) groups excluding carboxylic acids is 1. The van der Waals surface area contributed by atoms with Crippen molar-refractivity contribution >= 4 is 21.7 Å². The fourth-order valence-electron chi connectivity index (χ4n) is 1.85. The van der Waals surface area contributed by atoms with E-state index in [1.165, 1.54) is 0 Å². The third-order valence-corrected chi connectivity index (χ3v) is 3.59. The topological polar surface area (TPSA) is 63.0 Å². The molecule has 1 aromatic heterocycles. The number of rotatable bonds is 5. The molecule has 0 N–H and O–H groups in total. The molecule has 2 atom stereocenters. The van der Waals surface area contributed by atoms with Crippen molar-refractivity contribution in [1.82, 2.24) is 4.98 Å². The number of hydrogen-bond donors (Lipinski definition) is 0. The molecule has 2 rings (SSSR count). The van der Waals surface area contributed by atoms with Crippen LogP contribution in [0, 0.1) is 11.3 Å². The molecule has 4 nitrogen and oxygen atoms in total. The predicted molar refractivity (Wildman–Crippen MR) is 81.8 cm³/mol. The molecule has 21 heavy (non-hydrogen) atoms. The van der Waals surface area contributed by atoms with Crippen molar-refractivity contribution < 1.29 is 9.53 Å². The molecule has 0 saturated carbocycles. The molecule has 1 heterocycles. The Kier molecular flexibility index (Phi) is 5.07. The minimum atomic E-state index is -0.927. The van der Waals surface area contributed by atoms with Gasteiger partial charge >= 0.3 is 0 Å². The largest absolute Gasteiger partial charge is 0.482 e. The molecule has 106 valence electrons. The normalized spacial score (nSPS) is 13.0. The number of nitrogens with zero attached hydrogens (tertiary/aromatic N) is 2. The monoisotopic (exact) mass is 344 g/mol. The number of hydrogen-bond acceptors (Lipinski definition) is 4. The number of nitriles is 1. The van der Waals surface area contributed by atoms with Crippen LogP contribution in [0.5, 0.6) is 5.75 Å². The van der Waals surface area contributed by atoms with Crippen molar-refractivity contribution in [2.24, 2.45) is 0 Å². The zero-order chi connectivity index (χ0) is 15.2. The van der Waals surface area contributed by atoms with Gasteiger partial charge < -0.3 is 4.74 Å². The number of halogens is 1. The van der Waals surface area contributed by atoms with Gasteiger partial charge in [-0.05, 0) is 47.1 Å². The van der Waals surface area contributed by atoms with Crippen molar-refractivity contribution in [3.05, 3.63) is 58.8 Å². The predicted octanol–water partition coefficient (Wildman–Crippen LogP) is 3.49. The maximum absolute atomic E-state index is 12.4. The fourth-order valence-corrected chi connectivity index (χ4v) is 2.22. The number of Topliss-reactive ketones (excluding diaryl/α,β-unsaturated/α-hetero) is 1. The average Bonchev–Trinajstić information content (AvgIpc) is 2.51. The minimum absolute atomic E-state index is 0.313. The highest BCUT2D eigenvalue weighted by molar-refractivity contribution is 9.10. The summed E-state index contributed by atoms with van der Waals surface area (Å²) in [4.78, 5) is 16.5. The van der Waals surface area contributed by atoms with E-state index >= 15 is 0 Å². The first-order valence-corrected chi connectivity index (χ1v) is 7.18. The molecule has 0 fully saturated rings. The van der Waals surface area contributed by atoms with Crippen LogP contribution in [0.4, 0.5) is 0 Å². The number of benzene rings is 1. The Morgan fingerprint density at radius 2 is 2.00 bits per heavy atom. The second-order valence-electron chi connectivity index (χ2n) is 4.41. The third kappa shape index (κ3) is 3.67. The van der Waals surface area contributed by atoms with Gasteiger partial charge in [0.1, 0.15) is 5.75 Å². The van der Waals surface area contributed by atoms with Gasteiger partial charge in [0, 0.05) is 6.20 Å². The van der Waals surface area contributed by atoms with Crippen molar-refractivity contribution in [1.29, 1.82) is 5.26 Å². The van der Waals surface area contributed by atoms with Crippen LogP contribution < -0.4 is 4.74 Å². The lowest BCUT2D eigenvalue weighted by Gasteiger charge is -2.17. The summed E-state index contributed by atoms with van der Waals surface area (Å²) < 4.78 is 6.40. The Morgan fingerprint density at radius 1 is 1.29 bits per heavy atom. The fraction of sp³-hybridized carbons (Fsp3) is 0.188. The summed E-state index contributed by atoms with van der Waals surface area (Å²) >= 11 is 3.36. The van der Waals surface area contributed by atoms with Crippen LogP contribution in [-0.4, -0.2) is 16.9 Å². The molecular formula is C16H13BrN2O2. The quantitative estimate of drug-likeness (QED) is 0.832. The Morgan fingerprint density at radius 3 is 2.62 bits per heavy atom. The van der Waals surface area contributed by atoms with E-state index in [4.69, 9.17) is 4.74 Å². The second kappa shape index (κ2) is 7.00. The zero-order valence-electron chi connectivity index (χ0n) is 11.4. The van der Waals surface area contributed by atoms with E-state index in [9.17, 15) is 10.1 Å².